The molecule has 12 heterocycles. The van der Waals surface area contributed by atoms with Gasteiger partial charge in [0.1, 0.15) is 69.9 Å². The first kappa shape index (κ1) is 91.1. The van der Waals surface area contributed by atoms with Gasteiger partial charge in [0.2, 0.25) is 11.9 Å². The van der Waals surface area contributed by atoms with Crippen LogP contribution in [0.2, 0.25) is 0 Å². The van der Waals surface area contributed by atoms with Crippen LogP contribution in [0.15, 0.2) is 278 Å². The van der Waals surface area contributed by atoms with Crippen molar-refractivity contribution in [1.29, 1.82) is 0 Å². The Balaban J connectivity index is 0.000000125. The molecule has 0 amide bonds. The maximum atomic E-state index is 12.8. The van der Waals surface area contributed by atoms with Crippen LogP contribution in [0.5, 0.6) is 46.5 Å². The molecule has 0 aliphatic carbocycles. The third-order valence-electron chi connectivity index (χ3n) is 22.9. The van der Waals surface area contributed by atoms with E-state index >= 15 is 0 Å². The second kappa shape index (κ2) is 41.3. The topological polar surface area (TPSA) is 358 Å². The molecule has 678 valence electrons. The Morgan fingerprint density at radius 1 is 0.348 bits per heavy atom. The lowest BCUT2D eigenvalue weighted by Gasteiger charge is -2.35. The third kappa shape index (κ3) is 22.3. The normalized spacial score (nSPS) is 16.7. The number of benzene rings is 8. The van der Waals surface area contributed by atoms with Gasteiger partial charge in [-0.1, -0.05) is 144 Å². The van der Waals surface area contributed by atoms with E-state index in [4.69, 9.17) is 43.4 Å². The molecule has 6 aliphatic rings. The first-order valence-electron chi connectivity index (χ1n) is 44.8. The fourth-order valence-corrected chi connectivity index (χ4v) is 15.9. The summed E-state index contributed by atoms with van der Waals surface area (Å²) in [5, 5.41) is 34.0. The van der Waals surface area contributed by atoms with Crippen LogP contribution >= 0.6 is 0 Å². The average Bonchev–Trinajstić information content (AvgIpc) is 1.68. The SMILES string of the molecule is Cc1cccc(C(=O)Cc2ccc(C)c(Oc3nc(-c4cccnc4)nc4c3N=NC4C)c2)c1.Cc1cccc(C(=O)Cc2cccc(Oc3nc(-c4cccnc4)nc4c3N=NC4C)c2)c1.Cc1cccc(C(=O)Cc2cccc(Oc3nc(N4CC(C)OC(C)C4)nc4c3N=NC4C)c2)c1.Cc1cccc(C(=O)Cc2cccc(Oc3nc(N4CCOCC4)nc4c3N=NC4C)c2)c1. The van der Waals surface area contributed by atoms with Crippen molar-refractivity contribution in [3.8, 4) is 69.3 Å². The molecule has 0 spiro atoms. The smallest absolute Gasteiger partial charge is 0.252 e. The van der Waals surface area contributed by atoms with Crippen LogP contribution in [0, 0.1) is 34.6 Å². The monoisotopic (exact) mass is 1800 g/mol. The van der Waals surface area contributed by atoms with Crippen molar-refractivity contribution in [2.75, 3.05) is 49.2 Å². The predicted octanol–water partition coefficient (Wildman–Crippen LogP) is 23.5. The zero-order valence-electron chi connectivity index (χ0n) is 76.6. The van der Waals surface area contributed by atoms with Crippen molar-refractivity contribution in [2.45, 2.75) is 138 Å². The second-order valence-electron chi connectivity index (χ2n) is 33.9. The van der Waals surface area contributed by atoms with E-state index < -0.39 is 0 Å². The predicted molar refractivity (Wildman–Crippen MR) is 509 cm³/mol. The quantitative estimate of drug-likeness (QED) is 0.0507. The minimum Gasteiger partial charge on any atom is -0.437 e. The molecule has 2 fully saturated rings. The molecule has 6 aliphatic heterocycles. The number of carbonyl (C=O) groups excluding carboxylic acids is 4. The highest BCUT2D eigenvalue weighted by Gasteiger charge is 2.34. The lowest BCUT2D eigenvalue weighted by molar-refractivity contribution is -0.00577. The van der Waals surface area contributed by atoms with Gasteiger partial charge >= 0.3 is 0 Å². The Bertz CT molecular complexity index is 6920. The molecule has 0 radical (unpaired) electrons. The summed E-state index contributed by atoms with van der Waals surface area (Å²) in [5.74, 6) is 6.19. The molecule has 2 saturated heterocycles. The number of ketones is 4. The summed E-state index contributed by atoms with van der Waals surface area (Å²) in [4.78, 5) is 101. The van der Waals surface area contributed by atoms with Crippen LogP contribution in [-0.2, 0) is 35.2 Å². The van der Waals surface area contributed by atoms with E-state index in [1.54, 1.807) is 24.8 Å². The van der Waals surface area contributed by atoms with Gasteiger partial charge in [-0.2, -0.15) is 40.4 Å². The molecular weight excluding hydrogens is 1700 g/mol. The molecule has 0 bridgehead atoms. The number of fused-ring (bicyclic) bond motifs is 4. The van der Waals surface area contributed by atoms with Gasteiger partial charge in [0.05, 0.1) is 25.4 Å². The van der Waals surface area contributed by atoms with E-state index in [-0.39, 0.29) is 85.2 Å². The minimum absolute atomic E-state index is 0.0558. The van der Waals surface area contributed by atoms with Crippen molar-refractivity contribution in [3.63, 3.8) is 0 Å². The fourth-order valence-electron chi connectivity index (χ4n) is 15.9. The molecule has 14 aromatic rings. The molecule has 8 aromatic carbocycles. The Kier molecular flexibility index (Phi) is 27.9. The van der Waals surface area contributed by atoms with E-state index in [1.165, 1.54) is 0 Å². The maximum absolute atomic E-state index is 12.8. The highest BCUT2D eigenvalue weighted by Crippen LogP contribution is 2.48. The summed E-state index contributed by atoms with van der Waals surface area (Å²) in [6.45, 7) is 25.8. The largest absolute Gasteiger partial charge is 0.437 e. The number of azo groups is 4. The highest BCUT2D eigenvalue weighted by atomic mass is 16.5. The number of hydrogen-bond donors (Lipinski definition) is 0. The van der Waals surface area contributed by atoms with Crippen molar-refractivity contribution in [1.82, 2.24) is 49.8 Å². The molecular formula is C105H98N20O10. The number of ether oxygens (including phenoxy) is 6. The van der Waals surface area contributed by atoms with Gasteiger partial charge in [-0.25, -0.2) is 19.9 Å². The standard InChI is InChI=1S/C27H29N5O3.C27H23N5O2.C26H21N5O2.C25H25N5O3/c1-16-7-5-9-21(11-16)23(33)13-20-8-6-10-22(12-20)35-26-25-24(19(4)30-31-25)28-27(29-26)32-14-17(2)34-18(3)15-32;1-16-6-4-7-20(12-16)22(33)13-19-10-9-17(2)23(14-19)34-27-25-24(18(3)31-32-25)29-26(30-27)21-8-5-11-28-15-21;1-16-6-3-8-19(12-16)22(32)14-18-7-4-10-21(13-18)33-26-24-23(17(2)30-31-24)28-25(29-26)20-9-5-11-27-15-20;1-16-5-3-7-19(13-16)21(31)15-18-6-4-8-20(14-18)33-24-23-22(17(2)28-29-23)26-25(27-24)30-9-11-32-12-10-30/h5-12,17-19H,13-15H2,1-4H3;4-12,14-15,18H,13H2,1-3H3;3-13,15,17H,14H2,1-2H3;3-8,13-14,17H,9-12,15H2,1-2H3. The summed E-state index contributed by atoms with van der Waals surface area (Å²) in [6.07, 6.45) is 8.11. The van der Waals surface area contributed by atoms with Gasteiger partial charge < -0.3 is 38.2 Å². The average molecular weight is 1800 g/mol. The van der Waals surface area contributed by atoms with Crippen LogP contribution in [0.25, 0.3) is 22.8 Å². The van der Waals surface area contributed by atoms with Crippen LogP contribution in [0.4, 0.5) is 34.6 Å². The van der Waals surface area contributed by atoms with Crippen molar-refractivity contribution in [2.24, 2.45) is 40.9 Å². The Morgan fingerprint density at radius 3 is 1.05 bits per heavy atom. The molecule has 30 nitrogen and oxygen atoms in total. The molecule has 20 rings (SSSR count). The lowest BCUT2D eigenvalue weighted by atomic mass is 10.0. The maximum Gasteiger partial charge on any atom is 0.252 e. The first-order chi connectivity index (χ1) is 65.5. The summed E-state index contributed by atoms with van der Waals surface area (Å²) in [7, 11) is 0. The fraction of sp³-hybridized carbons (Fsp3) is 0.257. The molecule has 135 heavy (non-hydrogen) atoms. The molecule has 30 heteroatoms. The van der Waals surface area contributed by atoms with E-state index in [1.807, 2.05) is 288 Å². The number of anilines is 2. The van der Waals surface area contributed by atoms with E-state index in [2.05, 4.69) is 85.6 Å². The van der Waals surface area contributed by atoms with E-state index in [0.717, 1.165) is 85.7 Å². The van der Waals surface area contributed by atoms with Crippen molar-refractivity contribution >= 4 is 57.8 Å². The van der Waals surface area contributed by atoms with Crippen molar-refractivity contribution < 1.29 is 47.6 Å². The Morgan fingerprint density at radius 2 is 0.689 bits per heavy atom. The van der Waals surface area contributed by atoms with Crippen LogP contribution in [-0.4, -0.2) is 125 Å². The summed E-state index contributed by atoms with van der Waals surface area (Å²) < 4.78 is 36.1. The number of nitrogens with zero attached hydrogens (tertiary/aromatic N) is 20. The molecule has 0 saturated carbocycles. The second-order valence-corrected chi connectivity index (χ2v) is 33.9. The number of aromatic nitrogens is 10. The summed E-state index contributed by atoms with van der Waals surface area (Å²) in [6, 6.07) is 65.6. The Labute approximate surface area is 780 Å². The Hall–Kier alpha value is -15.8. The molecule has 6 unspecified atom stereocenters. The number of rotatable bonds is 24. The van der Waals surface area contributed by atoms with Gasteiger partial charge in [-0.3, -0.25) is 29.1 Å². The molecule has 6 aromatic heterocycles. The summed E-state index contributed by atoms with van der Waals surface area (Å²) in [5.41, 5.74) is 18.1. The van der Waals surface area contributed by atoms with Gasteiger partial charge in [0.15, 0.2) is 57.5 Å². The van der Waals surface area contributed by atoms with Gasteiger partial charge in [-0.15, -0.1) is 20.5 Å². The molecule has 6 atom stereocenters. The first-order valence-corrected chi connectivity index (χ1v) is 44.8. The van der Waals surface area contributed by atoms with Gasteiger partial charge in [0, 0.05) is 110 Å². The zero-order valence-corrected chi connectivity index (χ0v) is 76.6. The zero-order chi connectivity index (χ0) is 93.8. The third-order valence-corrected chi connectivity index (χ3v) is 22.9. The van der Waals surface area contributed by atoms with Gasteiger partial charge in [-0.05, 0) is 195 Å². The molecule has 0 N–H and O–H groups in total. The number of aryl methyl sites for hydroxylation is 5. The van der Waals surface area contributed by atoms with E-state index in [9.17, 15) is 19.2 Å². The van der Waals surface area contributed by atoms with Crippen molar-refractivity contribution in [3.05, 3.63) is 332 Å². The van der Waals surface area contributed by atoms with Crippen LogP contribution in [0.3, 0.4) is 0 Å². The van der Waals surface area contributed by atoms with Crippen LogP contribution in [0.1, 0.15) is 180 Å². The van der Waals surface area contributed by atoms with E-state index in [0.29, 0.717) is 153 Å². The minimum atomic E-state index is -0.185. The highest BCUT2D eigenvalue weighted by molar-refractivity contribution is 6.00. The van der Waals surface area contributed by atoms with Gasteiger partial charge in [0.25, 0.3) is 23.5 Å². The summed E-state index contributed by atoms with van der Waals surface area (Å²) >= 11 is 0. The number of pyridine rings is 2. The lowest BCUT2D eigenvalue weighted by Crippen LogP contribution is -2.46. The number of carbonyl (C=O) groups is 4. The number of morpholine rings is 2. The number of Topliss-reactive ketones (excluding diaryl/α,β-unsaturated/α-hetero) is 4. The van der Waals surface area contributed by atoms with Crippen LogP contribution < -0.4 is 28.7 Å². The number of hydrogen-bond acceptors (Lipinski definition) is 30.